The third-order valence-corrected chi connectivity index (χ3v) is 2.05. The van der Waals surface area contributed by atoms with Crippen LogP contribution in [0.2, 0.25) is 0 Å². The Hall–Kier alpha value is -1.35. The van der Waals surface area contributed by atoms with Crippen LogP contribution in [0.1, 0.15) is 5.69 Å². The fourth-order valence-electron chi connectivity index (χ4n) is 0.719. The van der Waals surface area contributed by atoms with E-state index in [-0.39, 0.29) is 10.9 Å². The van der Waals surface area contributed by atoms with Crippen molar-refractivity contribution in [3.8, 4) is 6.07 Å². The fraction of sp³-hybridized carbons (Fsp3) is 0.167. The monoisotopic (exact) mass is 229 g/mol. The Labute approximate surface area is 75.2 Å². The van der Waals surface area contributed by atoms with Crippen LogP contribution in [-0.2, 0) is 6.42 Å². The standard InChI is InChI=1S/C6H4BrN3O2/c7-4-3(1-2-8)9-6(12)10-5(4)11/h1H2,(H2,9,10,11,12). The average Bonchev–Trinajstić information content (AvgIpc) is 2.00. The Morgan fingerprint density at radius 2 is 2.08 bits per heavy atom. The van der Waals surface area contributed by atoms with Gasteiger partial charge in [0.1, 0.15) is 4.47 Å². The molecule has 0 spiro atoms. The first-order valence-corrected chi connectivity index (χ1v) is 3.82. The van der Waals surface area contributed by atoms with Gasteiger partial charge in [-0.05, 0) is 15.9 Å². The first-order chi connectivity index (χ1) is 5.65. The van der Waals surface area contributed by atoms with E-state index in [9.17, 15) is 9.59 Å². The molecule has 0 radical (unpaired) electrons. The van der Waals surface area contributed by atoms with Crippen LogP contribution >= 0.6 is 15.9 Å². The van der Waals surface area contributed by atoms with Gasteiger partial charge in [-0.2, -0.15) is 5.26 Å². The second kappa shape index (κ2) is 3.36. The number of rotatable bonds is 1. The summed E-state index contributed by atoms with van der Waals surface area (Å²) in [6.45, 7) is 0. The maximum Gasteiger partial charge on any atom is 0.325 e. The van der Waals surface area contributed by atoms with Gasteiger partial charge in [-0.3, -0.25) is 9.78 Å². The summed E-state index contributed by atoms with van der Waals surface area (Å²) < 4.78 is 0.198. The molecule has 0 amide bonds. The molecule has 12 heavy (non-hydrogen) atoms. The maximum absolute atomic E-state index is 10.9. The molecule has 0 fully saturated rings. The van der Waals surface area contributed by atoms with Crippen molar-refractivity contribution >= 4 is 15.9 Å². The van der Waals surface area contributed by atoms with Gasteiger partial charge in [0.2, 0.25) is 0 Å². The summed E-state index contributed by atoms with van der Waals surface area (Å²) in [5.41, 5.74) is -0.830. The van der Waals surface area contributed by atoms with Crippen LogP contribution in [0.5, 0.6) is 0 Å². The molecule has 1 heterocycles. The third-order valence-electron chi connectivity index (χ3n) is 1.21. The zero-order chi connectivity index (χ0) is 9.14. The topological polar surface area (TPSA) is 89.5 Å². The van der Waals surface area contributed by atoms with Gasteiger partial charge in [-0.1, -0.05) is 0 Å². The predicted molar refractivity (Wildman–Crippen MR) is 44.7 cm³/mol. The van der Waals surface area contributed by atoms with Crippen LogP contribution in [-0.4, -0.2) is 9.97 Å². The van der Waals surface area contributed by atoms with E-state index in [1.807, 2.05) is 11.1 Å². The van der Waals surface area contributed by atoms with E-state index in [4.69, 9.17) is 5.26 Å². The highest BCUT2D eigenvalue weighted by atomic mass is 79.9. The van der Waals surface area contributed by atoms with Crippen LogP contribution in [0.15, 0.2) is 14.1 Å². The van der Waals surface area contributed by atoms with Crippen LogP contribution in [0.25, 0.3) is 0 Å². The highest BCUT2D eigenvalue weighted by Gasteiger charge is 2.04. The number of hydrogen-bond acceptors (Lipinski definition) is 3. The van der Waals surface area contributed by atoms with Gasteiger partial charge in [0.15, 0.2) is 0 Å². The smallest absolute Gasteiger partial charge is 0.309 e. The molecule has 0 atom stereocenters. The SMILES string of the molecule is N#CCc1[nH]c(=O)[nH]c(=O)c1Br. The van der Waals surface area contributed by atoms with Gasteiger partial charge >= 0.3 is 5.69 Å². The highest BCUT2D eigenvalue weighted by molar-refractivity contribution is 9.10. The van der Waals surface area contributed by atoms with Crippen molar-refractivity contribution in [1.82, 2.24) is 9.97 Å². The molecule has 1 rings (SSSR count). The van der Waals surface area contributed by atoms with E-state index >= 15 is 0 Å². The molecule has 1 aromatic rings. The molecule has 0 saturated carbocycles. The van der Waals surface area contributed by atoms with Crippen LogP contribution in [0, 0.1) is 11.3 Å². The zero-order valence-corrected chi connectivity index (χ0v) is 7.43. The van der Waals surface area contributed by atoms with Gasteiger partial charge in [0.05, 0.1) is 18.2 Å². The molecule has 5 nitrogen and oxygen atoms in total. The van der Waals surface area contributed by atoms with Gasteiger partial charge in [-0.15, -0.1) is 0 Å². The van der Waals surface area contributed by atoms with E-state index in [1.54, 1.807) is 0 Å². The number of hydrogen-bond donors (Lipinski definition) is 2. The number of nitrogens with one attached hydrogen (secondary N) is 2. The van der Waals surface area contributed by atoms with E-state index in [2.05, 4.69) is 20.9 Å². The minimum Gasteiger partial charge on any atom is -0.309 e. The Bertz CT molecular complexity index is 439. The molecule has 0 aliphatic rings. The van der Waals surface area contributed by atoms with Gasteiger partial charge in [-0.25, -0.2) is 4.79 Å². The average molecular weight is 230 g/mol. The second-order valence-electron chi connectivity index (χ2n) is 2.04. The number of H-pyrrole nitrogens is 2. The minimum absolute atomic E-state index is 0.000255. The lowest BCUT2D eigenvalue weighted by molar-refractivity contribution is 0.952. The molecular weight excluding hydrogens is 226 g/mol. The Balaban J connectivity index is 3.40. The molecule has 2 N–H and O–H groups in total. The van der Waals surface area contributed by atoms with Crippen molar-refractivity contribution < 1.29 is 0 Å². The van der Waals surface area contributed by atoms with Crippen molar-refractivity contribution in [1.29, 1.82) is 5.26 Å². The molecule has 0 saturated heterocycles. The van der Waals surface area contributed by atoms with Gasteiger partial charge in [0, 0.05) is 0 Å². The largest absolute Gasteiger partial charge is 0.325 e. The Kier molecular flexibility index (Phi) is 2.45. The van der Waals surface area contributed by atoms with Crippen LogP contribution in [0.3, 0.4) is 0 Å². The van der Waals surface area contributed by atoms with E-state index in [1.165, 1.54) is 0 Å². The second-order valence-corrected chi connectivity index (χ2v) is 2.83. The van der Waals surface area contributed by atoms with Crippen LogP contribution < -0.4 is 11.2 Å². The molecular formula is C6H4BrN3O2. The Morgan fingerprint density at radius 1 is 1.42 bits per heavy atom. The quantitative estimate of drug-likeness (QED) is 0.705. The first kappa shape index (κ1) is 8.74. The van der Waals surface area contributed by atoms with Gasteiger partial charge in [0.25, 0.3) is 5.56 Å². The molecule has 0 bridgehead atoms. The number of nitrogens with zero attached hydrogens (tertiary/aromatic N) is 1. The summed E-state index contributed by atoms with van der Waals surface area (Å²) in [5, 5.41) is 8.32. The third kappa shape index (κ3) is 1.62. The first-order valence-electron chi connectivity index (χ1n) is 3.03. The maximum atomic E-state index is 10.9. The minimum atomic E-state index is -0.603. The summed E-state index contributed by atoms with van der Waals surface area (Å²) in [4.78, 5) is 26.0. The Morgan fingerprint density at radius 3 is 2.67 bits per heavy atom. The van der Waals surface area contributed by atoms with Crippen LogP contribution in [0.4, 0.5) is 0 Å². The summed E-state index contributed by atoms with van der Waals surface area (Å²) in [5.74, 6) is 0. The summed E-state index contributed by atoms with van der Waals surface area (Å²) >= 11 is 2.95. The lowest BCUT2D eigenvalue weighted by atomic mass is 10.3. The van der Waals surface area contributed by atoms with E-state index in [0.29, 0.717) is 5.69 Å². The molecule has 6 heteroatoms. The summed E-state index contributed by atoms with van der Waals surface area (Å²) in [6.07, 6.45) is -0.000255. The van der Waals surface area contributed by atoms with Crippen molar-refractivity contribution in [2.45, 2.75) is 6.42 Å². The summed E-state index contributed by atoms with van der Waals surface area (Å²) in [7, 11) is 0. The lowest BCUT2D eigenvalue weighted by Crippen LogP contribution is -2.24. The molecule has 0 aliphatic carbocycles. The number of nitriles is 1. The molecule has 0 unspecified atom stereocenters. The number of aromatic nitrogens is 2. The van der Waals surface area contributed by atoms with Crippen molar-refractivity contribution in [3.05, 3.63) is 31.0 Å². The van der Waals surface area contributed by atoms with Gasteiger partial charge < -0.3 is 4.98 Å². The molecule has 1 aromatic heterocycles. The van der Waals surface area contributed by atoms with E-state index < -0.39 is 11.2 Å². The molecule has 0 aromatic carbocycles. The fourth-order valence-corrected chi connectivity index (χ4v) is 1.06. The van der Waals surface area contributed by atoms with E-state index in [0.717, 1.165) is 0 Å². The normalized spacial score (nSPS) is 9.33. The van der Waals surface area contributed by atoms with Crippen molar-refractivity contribution in [3.63, 3.8) is 0 Å². The zero-order valence-electron chi connectivity index (χ0n) is 5.85. The predicted octanol–water partition coefficient (Wildman–Crippen LogP) is -0.108. The summed E-state index contributed by atoms with van der Waals surface area (Å²) in [6, 6.07) is 1.83. The number of aromatic amines is 2. The van der Waals surface area contributed by atoms with Crippen molar-refractivity contribution in [2.75, 3.05) is 0 Å². The highest BCUT2D eigenvalue weighted by Crippen LogP contribution is 2.05. The van der Waals surface area contributed by atoms with Crippen molar-refractivity contribution in [2.24, 2.45) is 0 Å². The lowest BCUT2D eigenvalue weighted by Gasteiger charge is -1.95. The molecule has 62 valence electrons. The molecule has 0 aliphatic heterocycles. The number of halogens is 1.